The molecule has 1 aliphatic heterocycles. The summed E-state index contributed by atoms with van der Waals surface area (Å²) < 4.78 is 39.1. The van der Waals surface area contributed by atoms with Crippen LogP contribution in [0.3, 0.4) is 0 Å². The number of aromatic nitrogens is 1. The number of amides is 4. The first-order chi connectivity index (χ1) is 23.3. The van der Waals surface area contributed by atoms with Gasteiger partial charge in [-0.3, -0.25) is 24.1 Å². The van der Waals surface area contributed by atoms with E-state index in [-0.39, 0.29) is 19.4 Å². The number of alkyl carbamates (subject to hydrolysis) is 1. The lowest BCUT2D eigenvalue weighted by atomic mass is 9.85. The van der Waals surface area contributed by atoms with Gasteiger partial charge >= 0.3 is 6.09 Å². The average Bonchev–Trinajstić information content (AvgIpc) is 3.82. The van der Waals surface area contributed by atoms with Crippen LogP contribution in [0.5, 0.6) is 5.75 Å². The highest BCUT2D eigenvalue weighted by molar-refractivity contribution is 7.91. The zero-order chi connectivity index (χ0) is 37.1. The predicted molar refractivity (Wildman–Crippen MR) is 188 cm³/mol. The lowest BCUT2D eigenvalue weighted by Gasteiger charge is -2.36. The second-order valence-corrected chi connectivity index (χ2v) is 16.9. The molecule has 4 atom stereocenters. The second-order valence-electron chi connectivity index (χ2n) is 14.9. The number of sulfonamides is 1. The summed E-state index contributed by atoms with van der Waals surface area (Å²) in [6, 6.07) is 9.13. The maximum atomic E-state index is 14.4. The number of hydrogen-bond acceptors (Lipinski definition) is 9. The molecule has 1 aromatic carbocycles. The zero-order valence-electron chi connectivity index (χ0n) is 29.8. The Morgan fingerprint density at radius 1 is 1.04 bits per heavy atom. The maximum absolute atomic E-state index is 14.4. The van der Waals surface area contributed by atoms with Crippen molar-refractivity contribution in [2.45, 2.75) is 109 Å². The van der Waals surface area contributed by atoms with Gasteiger partial charge in [0.15, 0.2) is 0 Å². The van der Waals surface area contributed by atoms with E-state index in [1.165, 1.54) is 11.0 Å². The van der Waals surface area contributed by atoms with Crippen LogP contribution < -0.4 is 20.1 Å². The van der Waals surface area contributed by atoms with E-state index in [4.69, 9.17) is 9.47 Å². The minimum Gasteiger partial charge on any atom is -0.487 e. The van der Waals surface area contributed by atoms with Crippen LogP contribution in [0.1, 0.15) is 74.1 Å². The minimum atomic E-state index is -3.93. The SMILES string of the molecule is C=C[C@@](CC)(NC(=O)[C@@H]1C[C@@H](Oc2cncc(-c3ccccc3)c2)CN1C(=O)[C@@H](NC(=O)OC(C)(C)C)C(C)(C)C)C(=O)NS(=O)(=O)C1CC1. The standard InChI is InChI=1S/C36H49N5O8S/c1-9-36(10-2,32(44)40-50(46,47)27-16-17-27)39-30(42)28-19-26(48-25-18-24(20-37-21-25)23-14-12-11-13-15-23)22-41(28)31(43)29(34(3,4)5)38-33(45)49-35(6,7)8/h9,11-15,18,20-21,26-29H,1,10,16-17,19,22H2,2-8H3,(H,38,45)(H,39,42)(H,40,44)/t26-,28+,29-,36+/m1/s1. The van der Waals surface area contributed by atoms with Crippen molar-refractivity contribution in [3.63, 3.8) is 0 Å². The number of benzene rings is 1. The molecule has 1 saturated carbocycles. The Labute approximate surface area is 294 Å². The fourth-order valence-corrected chi connectivity index (χ4v) is 7.02. The van der Waals surface area contributed by atoms with Gasteiger partial charge < -0.3 is 25.0 Å². The third-order valence-electron chi connectivity index (χ3n) is 8.60. The largest absolute Gasteiger partial charge is 0.487 e. The topological polar surface area (TPSA) is 173 Å². The summed E-state index contributed by atoms with van der Waals surface area (Å²) in [6.07, 6.45) is 3.85. The van der Waals surface area contributed by atoms with Crippen molar-refractivity contribution < 1.29 is 37.1 Å². The molecule has 1 aromatic heterocycles. The third kappa shape index (κ3) is 9.40. The van der Waals surface area contributed by atoms with Crippen molar-refractivity contribution in [2.75, 3.05) is 6.54 Å². The van der Waals surface area contributed by atoms with Crippen LogP contribution in [-0.4, -0.2) is 83.2 Å². The number of hydrogen-bond donors (Lipinski definition) is 3. The average molecular weight is 712 g/mol. The van der Waals surface area contributed by atoms with E-state index >= 15 is 0 Å². The number of likely N-dealkylation sites (tertiary alicyclic amines) is 1. The molecule has 0 radical (unpaired) electrons. The molecule has 2 heterocycles. The Morgan fingerprint density at radius 3 is 2.26 bits per heavy atom. The Kier molecular flexibility index (Phi) is 11.3. The van der Waals surface area contributed by atoms with E-state index in [1.54, 1.807) is 60.9 Å². The Balaban J connectivity index is 1.65. The molecular formula is C36H49N5O8S. The number of nitrogens with zero attached hydrogens (tertiary/aromatic N) is 2. The van der Waals surface area contributed by atoms with E-state index < -0.39 is 73.8 Å². The van der Waals surface area contributed by atoms with Gasteiger partial charge in [0.25, 0.3) is 5.91 Å². The van der Waals surface area contributed by atoms with Gasteiger partial charge in [0.2, 0.25) is 21.8 Å². The molecule has 14 heteroatoms. The third-order valence-corrected chi connectivity index (χ3v) is 10.4. The first-order valence-corrected chi connectivity index (χ1v) is 18.3. The number of rotatable bonds is 12. The van der Waals surface area contributed by atoms with Crippen LogP contribution in [0.25, 0.3) is 11.1 Å². The van der Waals surface area contributed by atoms with Gasteiger partial charge in [-0.15, -0.1) is 6.58 Å². The van der Waals surface area contributed by atoms with Crippen LogP contribution in [0, 0.1) is 5.41 Å². The first-order valence-electron chi connectivity index (χ1n) is 16.8. The van der Waals surface area contributed by atoms with Gasteiger partial charge in [-0.25, -0.2) is 13.2 Å². The van der Waals surface area contributed by atoms with Crippen LogP contribution >= 0.6 is 0 Å². The molecule has 4 rings (SSSR count). The van der Waals surface area contributed by atoms with Crippen molar-refractivity contribution in [1.29, 1.82) is 0 Å². The molecule has 1 aliphatic carbocycles. The molecule has 2 aromatic rings. The number of carbonyl (C=O) groups excluding carboxylic acids is 4. The summed E-state index contributed by atoms with van der Waals surface area (Å²) >= 11 is 0. The lowest BCUT2D eigenvalue weighted by Crippen LogP contribution is -2.63. The van der Waals surface area contributed by atoms with E-state index in [0.717, 1.165) is 11.1 Å². The number of nitrogens with one attached hydrogen (secondary N) is 3. The summed E-state index contributed by atoms with van der Waals surface area (Å²) in [5, 5.41) is 4.72. The van der Waals surface area contributed by atoms with Gasteiger partial charge in [-0.1, -0.05) is 64.1 Å². The van der Waals surface area contributed by atoms with E-state index in [1.807, 2.05) is 36.4 Å². The van der Waals surface area contributed by atoms with Gasteiger partial charge in [0.1, 0.15) is 35.1 Å². The molecule has 2 aliphatic rings. The summed E-state index contributed by atoms with van der Waals surface area (Å²) in [6.45, 7) is 15.7. The number of carbonyl (C=O) groups is 4. The van der Waals surface area contributed by atoms with Crippen molar-refractivity contribution in [3.05, 3.63) is 61.4 Å². The molecule has 0 spiro atoms. The highest BCUT2D eigenvalue weighted by Gasteiger charge is 2.49. The fourth-order valence-electron chi connectivity index (χ4n) is 5.66. The van der Waals surface area contributed by atoms with Crippen LogP contribution in [-0.2, 0) is 29.1 Å². The maximum Gasteiger partial charge on any atom is 0.408 e. The summed E-state index contributed by atoms with van der Waals surface area (Å²) in [5.41, 5.74) is -1.70. The Hall–Kier alpha value is -4.46. The van der Waals surface area contributed by atoms with Gasteiger partial charge in [-0.2, -0.15) is 0 Å². The molecule has 0 bridgehead atoms. The normalized spacial score (nSPS) is 19.8. The van der Waals surface area contributed by atoms with E-state index in [0.29, 0.717) is 18.6 Å². The first kappa shape index (κ1) is 38.3. The molecule has 1 saturated heterocycles. The van der Waals surface area contributed by atoms with Crippen LogP contribution in [0.4, 0.5) is 4.79 Å². The summed E-state index contributed by atoms with van der Waals surface area (Å²) in [5.74, 6) is -1.80. The molecule has 0 unspecified atom stereocenters. The Bertz CT molecular complexity index is 1700. The number of pyridine rings is 1. The molecule has 50 heavy (non-hydrogen) atoms. The highest BCUT2D eigenvalue weighted by Crippen LogP contribution is 2.31. The Morgan fingerprint density at radius 2 is 1.70 bits per heavy atom. The highest BCUT2D eigenvalue weighted by atomic mass is 32.2. The van der Waals surface area contributed by atoms with Crippen molar-refractivity contribution in [3.8, 4) is 16.9 Å². The predicted octanol–water partition coefficient (Wildman–Crippen LogP) is 4.10. The molecule has 13 nitrogen and oxygen atoms in total. The molecule has 2 fully saturated rings. The molecule has 4 amide bonds. The molecule has 3 N–H and O–H groups in total. The summed E-state index contributed by atoms with van der Waals surface area (Å²) in [4.78, 5) is 60.5. The summed E-state index contributed by atoms with van der Waals surface area (Å²) in [7, 11) is -3.93. The van der Waals surface area contributed by atoms with Crippen LogP contribution in [0.15, 0.2) is 61.4 Å². The monoisotopic (exact) mass is 711 g/mol. The molecule has 272 valence electrons. The van der Waals surface area contributed by atoms with Crippen molar-refractivity contribution >= 4 is 33.8 Å². The van der Waals surface area contributed by atoms with Gasteiger partial charge in [0, 0.05) is 18.2 Å². The minimum absolute atomic E-state index is 0.0163. The zero-order valence-corrected chi connectivity index (χ0v) is 30.6. The van der Waals surface area contributed by atoms with Crippen molar-refractivity contribution in [1.82, 2.24) is 25.2 Å². The van der Waals surface area contributed by atoms with Gasteiger partial charge in [0.05, 0.1) is 18.0 Å². The lowest BCUT2D eigenvalue weighted by molar-refractivity contribution is -0.143. The van der Waals surface area contributed by atoms with Gasteiger partial charge in [-0.05, 0) is 57.1 Å². The second kappa shape index (κ2) is 14.8. The van der Waals surface area contributed by atoms with E-state index in [9.17, 15) is 27.6 Å². The smallest absolute Gasteiger partial charge is 0.408 e. The van der Waals surface area contributed by atoms with Crippen molar-refractivity contribution in [2.24, 2.45) is 5.41 Å². The number of ether oxygens (including phenoxy) is 2. The van der Waals surface area contributed by atoms with E-state index in [2.05, 4.69) is 26.9 Å². The van der Waals surface area contributed by atoms with Crippen LogP contribution in [0.2, 0.25) is 0 Å². The fraction of sp³-hybridized carbons (Fsp3) is 0.528. The molecular weight excluding hydrogens is 662 g/mol. The quantitative estimate of drug-likeness (QED) is 0.274.